The number of benzene rings is 1. The SMILES string of the molecule is CCOCc1nc(Cl)cc(-c2cccc(F)c2C)n1. The molecule has 0 fully saturated rings. The Morgan fingerprint density at radius 1 is 1.32 bits per heavy atom. The first kappa shape index (κ1) is 13.9. The lowest BCUT2D eigenvalue weighted by atomic mass is 10.1. The maximum Gasteiger partial charge on any atom is 0.156 e. The minimum Gasteiger partial charge on any atom is -0.374 e. The molecule has 0 aliphatic heterocycles. The van der Waals surface area contributed by atoms with Crippen molar-refractivity contribution in [2.24, 2.45) is 0 Å². The molecular formula is C14H14ClFN2O. The van der Waals surface area contributed by atoms with Crippen molar-refractivity contribution in [1.82, 2.24) is 9.97 Å². The molecule has 0 aliphatic carbocycles. The van der Waals surface area contributed by atoms with Gasteiger partial charge in [0.05, 0.1) is 5.69 Å². The minimum absolute atomic E-state index is 0.265. The van der Waals surface area contributed by atoms with Gasteiger partial charge in [-0.05, 0) is 25.5 Å². The third kappa shape index (κ3) is 3.28. The maximum absolute atomic E-state index is 13.6. The Kier molecular flexibility index (Phi) is 4.45. The fourth-order valence-corrected chi connectivity index (χ4v) is 1.95. The van der Waals surface area contributed by atoms with Crippen LogP contribution in [0.25, 0.3) is 11.3 Å². The van der Waals surface area contributed by atoms with E-state index in [4.69, 9.17) is 16.3 Å². The molecule has 1 aromatic heterocycles. The van der Waals surface area contributed by atoms with Gasteiger partial charge in [-0.3, -0.25) is 0 Å². The predicted molar refractivity (Wildman–Crippen MR) is 72.5 cm³/mol. The molecule has 5 heteroatoms. The summed E-state index contributed by atoms with van der Waals surface area (Å²) in [6.45, 7) is 4.47. The lowest BCUT2D eigenvalue weighted by Gasteiger charge is -2.08. The molecule has 100 valence electrons. The number of halogens is 2. The third-order valence-electron chi connectivity index (χ3n) is 2.72. The van der Waals surface area contributed by atoms with Crippen molar-refractivity contribution in [2.45, 2.75) is 20.5 Å². The third-order valence-corrected chi connectivity index (χ3v) is 2.91. The second-order valence-corrected chi connectivity index (χ2v) is 4.43. The van der Waals surface area contributed by atoms with E-state index in [1.807, 2.05) is 13.0 Å². The van der Waals surface area contributed by atoms with Gasteiger partial charge in [0.25, 0.3) is 0 Å². The van der Waals surface area contributed by atoms with Crippen LogP contribution in [0.15, 0.2) is 24.3 Å². The summed E-state index contributed by atoms with van der Waals surface area (Å²) in [6.07, 6.45) is 0. The van der Waals surface area contributed by atoms with E-state index in [-0.39, 0.29) is 5.82 Å². The van der Waals surface area contributed by atoms with Crippen LogP contribution < -0.4 is 0 Å². The monoisotopic (exact) mass is 280 g/mol. The fraction of sp³-hybridized carbons (Fsp3) is 0.286. The van der Waals surface area contributed by atoms with Crippen LogP contribution in [-0.2, 0) is 11.3 Å². The van der Waals surface area contributed by atoms with Gasteiger partial charge in [-0.2, -0.15) is 0 Å². The highest BCUT2D eigenvalue weighted by Crippen LogP contribution is 2.25. The zero-order valence-electron chi connectivity index (χ0n) is 10.8. The van der Waals surface area contributed by atoms with Gasteiger partial charge in [0.2, 0.25) is 0 Å². The molecule has 0 saturated carbocycles. The van der Waals surface area contributed by atoms with Crippen LogP contribution in [-0.4, -0.2) is 16.6 Å². The molecular weight excluding hydrogens is 267 g/mol. The molecule has 0 bridgehead atoms. The first-order valence-corrected chi connectivity index (χ1v) is 6.36. The van der Waals surface area contributed by atoms with E-state index in [0.717, 1.165) is 0 Å². The van der Waals surface area contributed by atoms with Crippen LogP contribution in [0.5, 0.6) is 0 Å². The van der Waals surface area contributed by atoms with Gasteiger partial charge in [0, 0.05) is 18.2 Å². The molecule has 0 N–H and O–H groups in total. The zero-order valence-corrected chi connectivity index (χ0v) is 11.5. The van der Waals surface area contributed by atoms with Gasteiger partial charge in [0.15, 0.2) is 5.82 Å². The highest BCUT2D eigenvalue weighted by molar-refractivity contribution is 6.29. The lowest BCUT2D eigenvalue weighted by Crippen LogP contribution is -2.01. The Balaban J connectivity index is 2.44. The zero-order chi connectivity index (χ0) is 13.8. The number of hydrogen-bond acceptors (Lipinski definition) is 3. The topological polar surface area (TPSA) is 35.0 Å². The smallest absolute Gasteiger partial charge is 0.156 e. The van der Waals surface area contributed by atoms with Crippen molar-refractivity contribution in [3.63, 3.8) is 0 Å². The number of aromatic nitrogens is 2. The second-order valence-electron chi connectivity index (χ2n) is 4.04. The Morgan fingerprint density at radius 2 is 2.11 bits per heavy atom. The van der Waals surface area contributed by atoms with Crippen LogP contribution in [0.4, 0.5) is 4.39 Å². The average molecular weight is 281 g/mol. The number of hydrogen-bond donors (Lipinski definition) is 0. The lowest BCUT2D eigenvalue weighted by molar-refractivity contribution is 0.128. The standard InChI is InChI=1S/C14H14ClFN2O/c1-3-19-8-14-17-12(7-13(15)18-14)10-5-4-6-11(16)9(10)2/h4-7H,3,8H2,1-2H3. The van der Waals surface area contributed by atoms with Gasteiger partial charge >= 0.3 is 0 Å². The first-order valence-electron chi connectivity index (χ1n) is 5.98. The highest BCUT2D eigenvalue weighted by atomic mass is 35.5. The van der Waals surface area contributed by atoms with Crippen molar-refractivity contribution >= 4 is 11.6 Å². The molecule has 1 heterocycles. The molecule has 0 aliphatic rings. The van der Waals surface area contributed by atoms with Gasteiger partial charge in [-0.1, -0.05) is 23.7 Å². The molecule has 1 aromatic carbocycles. The van der Waals surface area contributed by atoms with Crippen molar-refractivity contribution in [3.8, 4) is 11.3 Å². The van der Waals surface area contributed by atoms with E-state index in [0.29, 0.717) is 41.0 Å². The fourth-order valence-electron chi connectivity index (χ4n) is 1.75. The normalized spacial score (nSPS) is 10.7. The minimum atomic E-state index is -0.265. The predicted octanol–water partition coefficient (Wildman–Crippen LogP) is 3.78. The molecule has 0 unspecified atom stereocenters. The van der Waals surface area contributed by atoms with Crippen LogP contribution in [0.3, 0.4) is 0 Å². The van der Waals surface area contributed by atoms with Crippen LogP contribution in [0, 0.1) is 12.7 Å². The Morgan fingerprint density at radius 3 is 2.84 bits per heavy atom. The van der Waals surface area contributed by atoms with E-state index in [2.05, 4.69) is 9.97 Å². The van der Waals surface area contributed by atoms with Crippen molar-refractivity contribution in [1.29, 1.82) is 0 Å². The van der Waals surface area contributed by atoms with E-state index >= 15 is 0 Å². The maximum atomic E-state index is 13.6. The van der Waals surface area contributed by atoms with Gasteiger partial charge in [0.1, 0.15) is 17.6 Å². The molecule has 3 nitrogen and oxygen atoms in total. The molecule has 0 radical (unpaired) electrons. The molecule has 0 amide bonds. The number of nitrogens with zero attached hydrogens (tertiary/aromatic N) is 2. The van der Waals surface area contributed by atoms with Crippen molar-refractivity contribution in [2.75, 3.05) is 6.61 Å². The van der Waals surface area contributed by atoms with Crippen LogP contribution >= 0.6 is 11.6 Å². The van der Waals surface area contributed by atoms with E-state index < -0.39 is 0 Å². The summed E-state index contributed by atoms with van der Waals surface area (Å²) < 4.78 is 18.8. The van der Waals surface area contributed by atoms with Crippen molar-refractivity contribution < 1.29 is 9.13 Å². The van der Waals surface area contributed by atoms with Crippen molar-refractivity contribution in [3.05, 3.63) is 46.6 Å². The largest absolute Gasteiger partial charge is 0.374 e. The molecule has 2 aromatic rings. The van der Waals surface area contributed by atoms with Crippen LogP contribution in [0.2, 0.25) is 5.15 Å². The Labute approximate surface area is 116 Å². The Hall–Kier alpha value is -1.52. The summed E-state index contributed by atoms with van der Waals surface area (Å²) in [6, 6.07) is 6.50. The van der Waals surface area contributed by atoms with Crippen LogP contribution in [0.1, 0.15) is 18.3 Å². The highest BCUT2D eigenvalue weighted by Gasteiger charge is 2.10. The summed E-state index contributed by atoms with van der Waals surface area (Å²) in [5.41, 5.74) is 1.85. The molecule has 2 rings (SSSR count). The first-order chi connectivity index (χ1) is 9.11. The molecule has 19 heavy (non-hydrogen) atoms. The number of ether oxygens (including phenoxy) is 1. The Bertz CT molecular complexity index is 590. The number of rotatable bonds is 4. The summed E-state index contributed by atoms with van der Waals surface area (Å²) >= 11 is 5.97. The quantitative estimate of drug-likeness (QED) is 0.800. The summed E-state index contributed by atoms with van der Waals surface area (Å²) in [4.78, 5) is 8.44. The van der Waals surface area contributed by atoms with Gasteiger partial charge in [-0.15, -0.1) is 0 Å². The summed E-state index contributed by atoms with van der Waals surface area (Å²) in [5.74, 6) is 0.228. The van der Waals surface area contributed by atoms with E-state index in [1.54, 1.807) is 19.1 Å². The summed E-state index contributed by atoms with van der Waals surface area (Å²) in [7, 11) is 0. The van der Waals surface area contributed by atoms with Gasteiger partial charge < -0.3 is 4.74 Å². The molecule has 0 spiro atoms. The summed E-state index contributed by atoms with van der Waals surface area (Å²) in [5, 5.41) is 0.323. The molecule has 0 atom stereocenters. The van der Waals surface area contributed by atoms with Gasteiger partial charge in [-0.25, -0.2) is 14.4 Å². The molecule has 0 saturated heterocycles. The van der Waals surface area contributed by atoms with E-state index in [1.165, 1.54) is 6.07 Å². The van der Waals surface area contributed by atoms with E-state index in [9.17, 15) is 4.39 Å². The average Bonchev–Trinajstić information content (AvgIpc) is 2.39. The second kappa shape index (κ2) is 6.08.